The largest absolute Gasteiger partial charge is 0.508 e. The first-order valence-electron chi connectivity index (χ1n) is 9.62. The van der Waals surface area contributed by atoms with Crippen molar-refractivity contribution < 1.29 is 9.90 Å². The van der Waals surface area contributed by atoms with Crippen LogP contribution < -0.4 is 16.4 Å². The molecular weight excluding hydrogens is 370 g/mol. The van der Waals surface area contributed by atoms with Gasteiger partial charge in [-0.1, -0.05) is 6.07 Å². The molecule has 3 heterocycles. The molecule has 1 amide bonds. The summed E-state index contributed by atoms with van der Waals surface area (Å²) in [6.45, 7) is 2.11. The highest BCUT2D eigenvalue weighted by molar-refractivity contribution is 5.79. The van der Waals surface area contributed by atoms with Crippen LogP contribution in [0.3, 0.4) is 0 Å². The Labute approximate surface area is 168 Å². The normalized spacial score (nSPS) is 19.9. The molecule has 1 aromatic carbocycles. The lowest BCUT2D eigenvalue weighted by Gasteiger charge is -2.35. The fourth-order valence-electron chi connectivity index (χ4n) is 3.84. The van der Waals surface area contributed by atoms with Crippen LogP contribution in [0.2, 0.25) is 0 Å². The van der Waals surface area contributed by atoms with Crippen molar-refractivity contribution in [3.8, 4) is 5.75 Å². The molecular formula is C20H25N7O2. The van der Waals surface area contributed by atoms with Crippen LogP contribution in [-0.4, -0.2) is 56.7 Å². The van der Waals surface area contributed by atoms with E-state index in [1.165, 1.54) is 6.33 Å². The third-order valence-electron chi connectivity index (χ3n) is 5.37. The van der Waals surface area contributed by atoms with Crippen LogP contribution >= 0.6 is 0 Å². The van der Waals surface area contributed by atoms with Gasteiger partial charge in [-0.05, 0) is 30.2 Å². The van der Waals surface area contributed by atoms with E-state index in [-0.39, 0.29) is 23.6 Å². The first-order valence-corrected chi connectivity index (χ1v) is 9.62. The second-order valence-electron chi connectivity index (χ2n) is 7.33. The number of phenols is 1. The third kappa shape index (κ3) is 4.01. The number of carbonyl (C=O) groups is 1. The number of benzene rings is 1. The molecule has 1 saturated heterocycles. The number of aromatic nitrogens is 3. The smallest absolute Gasteiger partial charge is 0.225 e. The van der Waals surface area contributed by atoms with Gasteiger partial charge in [-0.15, -0.1) is 0 Å². The molecule has 2 aromatic heterocycles. The van der Waals surface area contributed by atoms with Crippen molar-refractivity contribution in [3.63, 3.8) is 0 Å². The molecule has 1 unspecified atom stereocenters. The lowest BCUT2D eigenvalue weighted by atomic mass is 9.92. The first kappa shape index (κ1) is 19.2. The number of phenolic OH excluding ortho intramolecular Hbond substituents is 1. The monoisotopic (exact) mass is 395 g/mol. The number of rotatable bonds is 5. The minimum Gasteiger partial charge on any atom is -0.508 e. The van der Waals surface area contributed by atoms with Crippen LogP contribution in [0.4, 0.5) is 11.5 Å². The summed E-state index contributed by atoms with van der Waals surface area (Å²) < 4.78 is 1.78. The van der Waals surface area contributed by atoms with Crippen molar-refractivity contribution in [3.05, 3.63) is 48.4 Å². The fourth-order valence-corrected chi connectivity index (χ4v) is 3.84. The molecule has 0 aliphatic carbocycles. The highest BCUT2D eigenvalue weighted by Crippen LogP contribution is 2.27. The van der Waals surface area contributed by atoms with Crippen LogP contribution in [0.1, 0.15) is 12.0 Å². The van der Waals surface area contributed by atoms with Gasteiger partial charge < -0.3 is 21.5 Å². The summed E-state index contributed by atoms with van der Waals surface area (Å²) in [7, 11) is 1.64. The molecule has 1 aliphatic heterocycles. The summed E-state index contributed by atoms with van der Waals surface area (Å²) >= 11 is 0. The number of piperidine rings is 1. The van der Waals surface area contributed by atoms with Gasteiger partial charge in [0, 0.05) is 50.7 Å². The second-order valence-corrected chi connectivity index (χ2v) is 7.33. The van der Waals surface area contributed by atoms with Crippen molar-refractivity contribution in [1.82, 2.24) is 24.8 Å². The maximum absolute atomic E-state index is 12.2. The predicted molar refractivity (Wildman–Crippen MR) is 110 cm³/mol. The summed E-state index contributed by atoms with van der Waals surface area (Å²) in [4.78, 5) is 18.8. The average Bonchev–Trinajstić information content (AvgIpc) is 3.13. The van der Waals surface area contributed by atoms with Gasteiger partial charge >= 0.3 is 0 Å². The summed E-state index contributed by atoms with van der Waals surface area (Å²) in [5, 5.41) is 20.0. The predicted octanol–water partition coefficient (Wildman–Crippen LogP) is 1.07. The number of hydrogen-bond acceptors (Lipinski definition) is 7. The number of likely N-dealkylation sites (tertiary alicyclic amines) is 1. The van der Waals surface area contributed by atoms with Crippen LogP contribution in [0, 0.1) is 5.92 Å². The zero-order chi connectivity index (χ0) is 20.4. The lowest BCUT2D eigenvalue weighted by Crippen LogP contribution is -2.52. The van der Waals surface area contributed by atoms with Gasteiger partial charge in [0.25, 0.3) is 0 Å². The van der Waals surface area contributed by atoms with Crippen molar-refractivity contribution in [2.45, 2.75) is 19.0 Å². The molecule has 0 radical (unpaired) electrons. The van der Waals surface area contributed by atoms with E-state index in [1.54, 1.807) is 29.8 Å². The van der Waals surface area contributed by atoms with Gasteiger partial charge in [0.15, 0.2) is 5.82 Å². The lowest BCUT2D eigenvalue weighted by molar-refractivity contribution is -0.126. The zero-order valence-corrected chi connectivity index (χ0v) is 16.2. The first-order chi connectivity index (χ1) is 14.0. The maximum Gasteiger partial charge on any atom is 0.225 e. The Morgan fingerprint density at radius 3 is 3.03 bits per heavy atom. The minimum atomic E-state index is -0.219. The van der Waals surface area contributed by atoms with E-state index in [1.807, 2.05) is 18.3 Å². The van der Waals surface area contributed by atoms with Gasteiger partial charge in [-0.3, -0.25) is 9.69 Å². The van der Waals surface area contributed by atoms with E-state index < -0.39 is 0 Å². The quantitative estimate of drug-likeness (QED) is 0.510. The SMILES string of the molecule is CNC(=O)C1CN(Cc2ccn3ncnc(Nc4cccc(O)c4)c23)CC[C@@H]1N. The van der Waals surface area contributed by atoms with Gasteiger partial charge in [-0.25, -0.2) is 9.50 Å². The van der Waals surface area contributed by atoms with Crippen molar-refractivity contribution in [1.29, 1.82) is 0 Å². The molecule has 152 valence electrons. The van der Waals surface area contributed by atoms with E-state index in [2.05, 4.69) is 25.6 Å². The number of carbonyl (C=O) groups excluding carboxylic acids is 1. The zero-order valence-electron chi connectivity index (χ0n) is 16.2. The van der Waals surface area contributed by atoms with Gasteiger partial charge in [0.1, 0.15) is 17.6 Å². The highest BCUT2D eigenvalue weighted by Gasteiger charge is 2.31. The van der Waals surface area contributed by atoms with Crippen LogP contribution in [0.5, 0.6) is 5.75 Å². The summed E-state index contributed by atoms with van der Waals surface area (Å²) in [6, 6.07) is 8.78. The van der Waals surface area contributed by atoms with E-state index >= 15 is 0 Å². The molecule has 9 nitrogen and oxygen atoms in total. The summed E-state index contributed by atoms with van der Waals surface area (Å²) in [5.74, 6) is 0.602. The molecule has 1 aliphatic rings. The molecule has 2 atom stereocenters. The number of nitrogens with one attached hydrogen (secondary N) is 2. The van der Waals surface area contributed by atoms with Crippen molar-refractivity contribution in [2.24, 2.45) is 11.7 Å². The number of hydrogen-bond donors (Lipinski definition) is 4. The molecule has 0 spiro atoms. The summed E-state index contributed by atoms with van der Waals surface area (Å²) in [5.41, 5.74) is 8.82. The fraction of sp³-hybridized carbons (Fsp3) is 0.350. The maximum atomic E-state index is 12.2. The molecule has 0 saturated carbocycles. The molecule has 9 heteroatoms. The molecule has 1 fully saturated rings. The number of nitrogens with zero attached hydrogens (tertiary/aromatic N) is 4. The number of fused-ring (bicyclic) bond motifs is 1. The highest BCUT2D eigenvalue weighted by atomic mass is 16.3. The van der Waals surface area contributed by atoms with E-state index in [0.29, 0.717) is 18.9 Å². The van der Waals surface area contributed by atoms with Crippen LogP contribution in [0.25, 0.3) is 5.52 Å². The third-order valence-corrected chi connectivity index (χ3v) is 5.37. The van der Waals surface area contributed by atoms with Gasteiger partial charge in [0.05, 0.1) is 5.92 Å². The Hall–Kier alpha value is -3.17. The number of nitrogens with two attached hydrogens (primary N) is 1. The number of amides is 1. The topological polar surface area (TPSA) is 121 Å². The van der Waals surface area contributed by atoms with Crippen molar-refractivity contribution in [2.75, 3.05) is 25.5 Å². The number of aromatic hydroxyl groups is 1. The Morgan fingerprint density at radius 2 is 2.24 bits per heavy atom. The van der Waals surface area contributed by atoms with Crippen LogP contribution in [0.15, 0.2) is 42.9 Å². The number of anilines is 2. The van der Waals surface area contributed by atoms with Gasteiger partial charge in [0.2, 0.25) is 5.91 Å². The second kappa shape index (κ2) is 8.06. The molecule has 29 heavy (non-hydrogen) atoms. The van der Waals surface area contributed by atoms with Gasteiger partial charge in [-0.2, -0.15) is 5.10 Å². The standard InChI is InChI=1S/C20H25N7O2/c1-22-20(29)16-11-26(7-6-17(16)21)10-13-5-8-27-18(13)19(23-12-24-27)25-14-3-2-4-15(28)9-14/h2-5,8-9,12,16-17,28H,6-7,10-11,21H2,1H3,(H,22,29)(H,23,24,25)/t16?,17-/m0/s1. The molecule has 4 rings (SSSR count). The van der Waals surface area contributed by atoms with Crippen molar-refractivity contribution >= 4 is 22.9 Å². The summed E-state index contributed by atoms with van der Waals surface area (Å²) in [6.07, 6.45) is 4.16. The molecule has 0 bridgehead atoms. The van der Waals surface area contributed by atoms with E-state index in [4.69, 9.17) is 5.73 Å². The van der Waals surface area contributed by atoms with E-state index in [0.717, 1.165) is 29.7 Å². The molecule has 3 aromatic rings. The Bertz CT molecular complexity index is 1020. The average molecular weight is 395 g/mol. The van der Waals surface area contributed by atoms with E-state index in [9.17, 15) is 9.90 Å². The Balaban J connectivity index is 1.59. The Kier molecular flexibility index (Phi) is 5.32. The minimum absolute atomic E-state index is 0.0153. The van der Waals surface area contributed by atoms with Crippen LogP contribution in [-0.2, 0) is 11.3 Å². The Morgan fingerprint density at radius 1 is 1.38 bits per heavy atom. The molecule has 5 N–H and O–H groups in total.